The average Bonchev–Trinajstić information content (AvgIpc) is 2.67. The van der Waals surface area contributed by atoms with Gasteiger partial charge in [-0.15, -0.1) is 0 Å². The minimum atomic E-state index is -4.43. The zero-order valence-corrected chi connectivity index (χ0v) is 16.3. The van der Waals surface area contributed by atoms with Gasteiger partial charge in [0.25, 0.3) is 0 Å². The summed E-state index contributed by atoms with van der Waals surface area (Å²) in [6.45, 7) is 1.87. The van der Waals surface area contributed by atoms with Crippen molar-refractivity contribution < 1.29 is 21.6 Å². The van der Waals surface area contributed by atoms with Crippen LogP contribution in [0.4, 0.5) is 13.2 Å². The number of rotatable bonds is 4. The predicted molar refractivity (Wildman–Crippen MR) is 104 cm³/mol. The van der Waals surface area contributed by atoms with Gasteiger partial charge in [-0.25, -0.2) is 8.42 Å². The van der Waals surface area contributed by atoms with E-state index in [-0.39, 0.29) is 4.90 Å². The van der Waals surface area contributed by atoms with Crippen LogP contribution in [-0.2, 0) is 16.0 Å². The second kappa shape index (κ2) is 7.95. The molecule has 0 aromatic heterocycles. The van der Waals surface area contributed by atoms with Gasteiger partial charge < -0.3 is 0 Å². The molecule has 0 heterocycles. The van der Waals surface area contributed by atoms with E-state index in [2.05, 4.69) is 0 Å². The van der Waals surface area contributed by atoms with E-state index >= 15 is 0 Å². The van der Waals surface area contributed by atoms with Gasteiger partial charge in [0.05, 0.1) is 10.5 Å². The second-order valence-electron chi connectivity index (χ2n) is 6.94. The van der Waals surface area contributed by atoms with E-state index in [0.717, 1.165) is 42.5 Å². The van der Waals surface area contributed by atoms with Gasteiger partial charge in [-0.1, -0.05) is 35.9 Å². The molecule has 0 atom stereocenters. The van der Waals surface area contributed by atoms with Crippen molar-refractivity contribution in [3.05, 3.63) is 82.3 Å². The summed E-state index contributed by atoms with van der Waals surface area (Å²) in [6.07, 6.45) is 1.04. The first-order chi connectivity index (χ1) is 13.2. The van der Waals surface area contributed by atoms with E-state index in [1.54, 1.807) is 24.3 Å². The lowest BCUT2D eigenvalue weighted by atomic mass is 9.90. The molecule has 2 aromatic carbocycles. The Hall–Kier alpha value is -2.34. The monoisotopic (exact) mass is 406 g/mol. The minimum absolute atomic E-state index is 0.166. The molecule has 2 nitrogen and oxygen atoms in total. The van der Waals surface area contributed by atoms with Crippen LogP contribution in [0.3, 0.4) is 0 Å². The van der Waals surface area contributed by atoms with Crippen molar-refractivity contribution in [2.24, 2.45) is 0 Å². The SMILES string of the molecule is Cc1ccc(S(=O)(=O)/C=C(\C2=CCCCC2)c2ccc(C(F)(F)F)cc2)cc1. The van der Waals surface area contributed by atoms with E-state index in [4.69, 9.17) is 0 Å². The molecule has 0 amide bonds. The Kier molecular flexibility index (Phi) is 5.79. The highest BCUT2D eigenvalue weighted by Crippen LogP contribution is 2.35. The normalized spacial score (nSPS) is 16.0. The molecule has 0 bridgehead atoms. The van der Waals surface area contributed by atoms with Crippen LogP contribution in [0.5, 0.6) is 0 Å². The molecule has 0 N–H and O–H groups in total. The molecule has 0 unspecified atom stereocenters. The number of benzene rings is 2. The third-order valence-corrected chi connectivity index (χ3v) is 6.26. The molecule has 3 rings (SSSR count). The Labute approximate surface area is 163 Å². The standard InChI is InChI=1S/C22H21F3O2S/c1-16-7-13-20(14-8-16)28(26,27)15-21(17-5-3-2-4-6-17)18-9-11-19(12-10-18)22(23,24)25/h5,7-15H,2-4,6H2,1H3/b21-15+. The van der Waals surface area contributed by atoms with E-state index in [0.29, 0.717) is 17.6 Å². The molecule has 28 heavy (non-hydrogen) atoms. The molecule has 0 aliphatic heterocycles. The summed E-state index contributed by atoms with van der Waals surface area (Å²) in [5.41, 5.74) is 1.99. The summed E-state index contributed by atoms with van der Waals surface area (Å²) >= 11 is 0. The third-order valence-electron chi connectivity index (χ3n) is 4.78. The highest BCUT2D eigenvalue weighted by molar-refractivity contribution is 7.94. The van der Waals surface area contributed by atoms with Crippen molar-refractivity contribution in [2.45, 2.75) is 43.7 Å². The summed E-state index contributed by atoms with van der Waals surface area (Å²) in [4.78, 5) is 0.166. The summed E-state index contributed by atoms with van der Waals surface area (Å²) in [5.74, 6) is 0. The number of aryl methyl sites for hydroxylation is 1. The molecule has 148 valence electrons. The topological polar surface area (TPSA) is 34.1 Å². The molecule has 1 aliphatic carbocycles. The fraction of sp³-hybridized carbons (Fsp3) is 0.273. The van der Waals surface area contributed by atoms with Gasteiger partial charge in [0, 0.05) is 5.41 Å². The highest BCUT2D eigenvalue weighted by Gasteiger charge is 2.30. The van der Waals surface area contributed by atoms with Crippen molar-refractivity contribution in [1.29, 1.82) is 0 Å². The van der Waals surface area contributed by atoms with Gasteiger partial charge in [-0.3, -0.25) is 0 Å². The van der Waals surface area contributed by atoms with Crippen molar-refractivity contribution in [2.75, 3.05) is 0 Å². The predicted octanol–water partition coefficient (Wildman–Crippen LogP) is 6.33. The molecule has 0 saturated carbocycles. The summed E-state index contributed by atoms with van der Waals surface area (Å²) in [7, 11) is -3.74. The van der Waals surface area contributed by atoms with Crippen molar-refractivity contribution >= 4 is 15.4 Å². The molecular weight excluding hydrogens is 385 g/mol. The lowest BCUT2D eigenvalue weighted by molar-refractivity contribution is -0.137. The summed E-state index contributed by atoms with van der Waals surface area (Å²) in [6, 6.07) is 11.2. The molecule has 0 radical (unpaired) electrons. The van der Waals surface area contributed by atoms with Gasteiger partial charge in [0.15, 0.2) is 9.84 Å². The van der Waals surface area contributed by atoms with Crippen LogP contribution in [0.2, 0.25) is 0 Å². The van der Waals surface area contributed by atoms with Gasteiger partial charge in [-0.2, -0.15) is 13.2 Å². The van der Waals surface area contributed by atoms with Crippen LogP contribution < -0.4 is 0 Å². The molecule has 2 aromatic rings. The highest BCUT2D eigenvalue weighted by atomic mass is 32.2. The van der Waals surface area contributed by atoms with Crippen LogP contribution in [0.15, 0.2) is 70.5 Å². The van der Waals surface area contributed by atoms with E-state index in [9.17, 15) is 21.6 Å². The number of sulfone groups is 1. The van der Waals surface area contributed by atoms with Crippen molar-refractivity contribution in [3.63, 3.8) is 0 Å². The number of halogens is 3. The Morgan fingerprint density at radius 3 is 2.14 bits per heavy atom. The first-order valence-corrected chi connectivity index (χ1v) is 10.6. The van der Waals surface area contributed by atoms with Gasteiger partial charge in [0.1, 0.15) is 0 Å². The van der Waals surface area contributed by atoms with E-state index < -0.39 is 21.6 Å². The molecule has 0 spiro atoms. The van der Waals surface area contributed by atoms with Gasteiger partial charge in [0.2, 0.25) is 0 Å². The van der Waals surface area contributed by atoms with Crippen LogP contribution in [0.1, 0.15) is 42.4 Å². The molecular formula is C22H21F3O2S. The maximum Gasteiger partial charge on any atom is 0.416 e. The fourth-order valence-electron chi connectivity index (χ4n) is 3.20. The lowest BCUT2D eigenvalue weighted by Gasteiger charge is -2.17. The van der Waals surface area contributed by atoms with E-state index in [1.807, 2.05) is 13.0 Å². The van der Waals surface area contributed by atoms with E-state index in [1.165, 1.54) is 17.5 Å². The lowest BCUT2D eigenvalue weighted by Crippen LogP contribution is -2.05. The molecule has 1 aliphatic rings. The average molecular weight is 406 g/mol. The van der Waals surface area contributed by atoms with Gasteiger partial charge >= 0.3 is 6.18 Å². The Balaban J connectivity index is 2.08. The van der Waals surface area contributed by atoms with Gasteiger partial charge in [-0.05, 0) is 73.6 Å². The molecule has 0 saturated heterocycles. The minimum Gasteiger partial charge on any atom is -0.219 e. The van der Waals surface area contributed by atoms with Crippen LogP contribution in [0, 0.1) is 6.92 Å². The number of hydrogen-bond acceptors (Lipinski definition) is 2. The second-order valence-corrected chi connectivity index (χ2v) is 8.74. The quantitative estimate of drug-likeness (QED) is 0.595. The van der Waals surface area contributed by atoms with Crippen LogP contribution >= 0.6 is 0 Å². The zero-order valence-electron chi connectivity index (χ0n) is 15.5. The van der Waals surface area contributed by atoms with Crippen LogP contribution in [0.25, 0.3) is 5.57 Å². The maximum absolute atomic E-state index is 12.9. The van der Waals surface area contributed by atoms with Crippen molar-refractivity contribution in [1.82, 2.24) is 0 Å². The Morgan fingerprint density at radius 2 is 1.61 bits per heavy atom. The first-order valence-electron chi connectivity index (χ1n) is 9.07. The summed E-state index contributed by atoms with van der Waals surface area (Å²) in [5, 5.41) is 1.19. The third kappa shape index (κ3) is 4.73. The molecule has 0 fully saturated rings. The maximum atomic E-state index is 12.9. The fourth-order valence-corrected chi connectivity index (χ4v) is 4.45. The zero-order chi connectivity index (χ0) is 20.4. The summed E-state index contributed by atoms with van der Waals surface area (Å²) < 4.78 is 64.5. The Bertz CT molecular complexity index is 997. The number of hydrogen-bond donors (Lipinski definition) is 0. The van der Waals surface area contributed by atoms with Crippen molar-refractivity contribution in [3.8, 4) is 0 Å². The smallest absolute Gasteiger partial charge is 0.219 e. The Morgan fingerprint density at radius 1 is 0.964 bits per heavy atom. The largest absolute Gasteiger partial charge is 0.416 e. The first kappa shape index (κ1) is 20.4. The number of alkyl halides is 3. The number of allylic oxidation sites excluding steroid dienone is 3. The molecule has 6 heteroatoms. The van der Waals surface area contributed by atoms with Crippen LogP contribution in [-0.4, -0.2) is 8.42 Å².